The molecule has 1 saturated heterocycles. The van der Waals surface area contributed by atoms with Crippen molar-refractivity contribution < 1.29 is 18.7 Å². The van der Waals surface area contributed by atoms with Crippen LogP contribution in [0.3, 0.4) is 0 Å². The highest BCUT2D eigenvalue weighted by molar-refractivity contribution is 5.86. The lowest BCUT2D eigenvalue weighted by molar-refractivity contribution is -0.229. The van der Waals surface area contributed by atoms with Gasteiger partial charge in [0.1, 0.15) is 5.60 Å². The Kier molecular flexibility index (Phi) is 2.50. The second-order valence-corrected chi connectivity index (χ2v) is 6.33. The zero-order valence-electron chi connectivity index (χ0n) is 10.4. The topological polar surface area (TPSA) is 40.5 Å². The quantitative estimate of drug-likeness (QED) is 0.823. The van der Waals surface area contributed by atoms with Crippen LogP contribution in [0.2, 0.25) is 0 Å². The van der Waals surface area contributed by atoms with E-state index in [2.05, 4.69) is 0 Å². The Hall–Kier alpha value is -0.710. The molecule has 3 nitrogen and oxygen atoms in total. The van der Waals surface area contributed by atoms with Gasteiger partial charge in [0.2, 0.25) is 0 Å². The summed E-state index contributed by atoms with van der Waals surface area (Å²) in [6.45, 7) is 0.912. The predicted octanol–water partition coefficient (Wildman–Crippen LogP) is 1.94. The number of hydrogen-bond donors (Lipinski definition) is 1. The van der Waals surface area contributed by atoms with Crippen LogP contribution in [-0.4, -0.2) is 40.5 Å². The SMILES string of the molecule is O=C(N1CC2(CCCC2)C1)C(F)(F)C1(O)CCC1. The van der Waals surface area contributed by atoms with E-state index in [1.807, 2.05) is 0 Å². The lowest BCUT2D eigenvalue weighted by Gasteiger charge is -2.51. The first kappa shape index (κ1) is 12.3. The van der Waals surface area contributed by atoms with Crippen molar-refractivity contribution in [3.63, 3.8) is 0 Å². The molecule has 3 rings (SSSR count). The lowest BCUT2D eigenvalue weighted by Crippen LogP contribution is -2.67. The number of carbonyl (C=O) groups is 1. The lowest BCUT2D eigenvalue weighted by atomic mass is 9.73. The molecule has 1 heterocycles. The molecule has 0 aromatic rings. The molecule has 18 heavy (non-hydrogen) atoms. The van der Waals surface area contributed by atoms with Crippen LogP contribution in [0.15, 0.2) is 0 Å². The number of amides is 1. The summed E-state index contributed by atoms with van der Waals surface area (Å²) in [6, 6.07) is 0. The average Bonchev–Trinajstić information content (AvgIpc) is 2.71. The van der Waals surface area contributed by atoms with Gasteiger partial charge in [0.15, 0.2) is 0 Å². The van der Waals surface area contributed by atoms with E-state index in [4.69, 9.17) is 0 Å². The van der Waals surface area contributed by atoms with E-state index in [1.165, 1.54) is 4.90 Å². The maximum absolute atomic E-state index is 14.0. The second kappa shape index (κ2) is 3.65. The third-order valence-electron chi connectivity index (χ3n) is 5.04. The predicted molar refractivity (Wildman–Crippen MR) is 61.2 cm³/mol. The number of rotatable bonds is 2. The zero-order valence-corrected chi connectivity index (χ0v) is 10.4. The van der Waals surface area contributed by atoms with Crippen LogP contribution in [0.1, 0.15) is 44.9 Å². The van der Waals surface area contributed by atoms with E-state index in [1.54, 1.807) is 0 Å². The summed E-state index contributed by atoms with van der Waals surface area (Å²) in [7, 11) is 0. The molecule has 0 bridgehead atoms. The highest BCUT2D eigenvalue weighted by atomic mass is 19.3. The van der Waals surface area contributed by atoms with E-state index in [9.17, 15) is 18.7 Å². The minimum Gasteiger partial charge on any atom is -0.383 e. The van der Waals surface area contributed by atoms with Crippen molar-refractivity contribution in [1.82, 2.24) is 4.90 Å². The number of halogens is 2. The minimum atomic E-state index is -3.61. The van der Waals surface area contributed by atoms with Crippen LogP contribution >= 0.6 is 0 Å². The van der Waals surface area contributed by atoms with E-state index in [-0.39, 0.29) is 18.3 Å². The van der Waals surface area contributed by atoms with E-state index >= 15 is 0 Å². The summed E-state index contributed by atoms with van der Waals surface area (Å²) < 4.78 is 27.9. The van der Waals surface area contributed by atoms with Gasteiger partial charge in [0, 0.05) is 18.5 Å². The Labute approximate surface area is 105 Å². The molecule has 0 unspecified atom stereocenters. The summed E-state index contributed by atoms with van der Waals surface area (Å²) in [5, 5.41) is 9.74. The molecular weight excluding hydrogens is 240 g/mol. The van der Waals surface area contributed by atoms with Crippen LogP contribution in [0.25, 0.3) is 0 Å². The monoisotopic (exact) mass is 259 g/mol. The van der Waals surface area contributed by atoms with Crippen molar-refractivity contribution >= 4 is 5.91 Å². The number of carbonyl (C=O) groups excluding carboxylic acids is 1. The van der Waals surface area contributed by atoms with Gasteiger partial charge in [0.25, 0.3) is 5.91 Å². The molecule has 1 spiro atoms. The first-order chi connectivity index (χ1) is 8.39. The maximum Gasteiger partial charge on any atom is 0.352 e. The molecule has 1 amide bonds. The first-order valence-corrected chi connectivity index (χ1v) is 6.78. The largest absolute Gasteiger partial charge is 0.383 e. The molecule has 0 aromatic heterocycles. The van der Waals surface area contributed by atoms with Crippen molar-refractivity contribution in [2.75, 3.05) is 13.1 Å². The molecule has 1 aliphatic heterocycles. The van der Waals surface area contributed by atoms with E-state index in [0.717, 1.165) is 25.7 Å². The Morgan fingerprint density at radius 1 is 1.06 bits per heavy atom. The molecule has 0 radical (unpaired) electrons. The molecule has 0 aromatic carbocycles. The minimum absolute atomic E-state index is 0.0325. The van der Waals surface area contributed by atoms with E-state index < -0.39 is 17.4 Å². The normalized spacial score (nSPS) is 28.9. The Morgan fingerprint density at radius 2 is 1.61 bits per heavy atom. The summed E-state index contributed by atoms with van der Waals surface area (Å²) in [5.74, 6) is -4.77. The summed E-state index contributed by atoms with van der Waals surface area (Å²) in [4.78, 5) is 13.1. The molecule has 1 N–H and O–H groups in total. The van der Waals surface area contributed by atoms with Gasteiger partial charge in [-0.15, -0.1) is 0 Å². The Bertz CT molecular complexity index is 365. The maximum atomic E-state index is 14.0. The van der Waals surface area contributed by atoms with Crippen LogP contribution in [0.4, 0.5) is 8.78 Å². The Balaban J connectivity index is 1.65. The van der Waals surface area contributed by atoms with Crippen molar-refractivity contribution in [2.24, 2.45) is 5.41 Å². The van der Waals surface area contributed by atoms with E-state index in [0.29, 0.717) is 19.5 Å². The number of nitrogens with zero attached hydrogens (tertiary/aromatic N) is 1. The Morgan fingerprint density at radius 3 is 2.06 bits per heavy atom. The van der Waals surface area contributed by atoms with Crippen LogP contribution in [-0.2, 0) is 4.79 Å². The molecule has 102 valence electrons. The van der Waals surface area contributed by atoms with Crippen molar-refractivity contribution in [2.45, 2.75) is 56.5 Å². The van der Waals surface area contributed by atoms with Gasteiger partial charge in [-0.2, -0.15) is 8.78 Å². The second-order valence-electron chi connectivity index (χ2n) is 6.33. The standard InChI is InChI=1S/C13H19F2NO2/c14-13(15,12(18)6-3-7-12)10(17)16-8-11(9-16)4-1-2-5-11/h18H,1-9H2. The number of aliphatic hydroxyl groups is 1. The number of likely N-dealkylation sites (tertiary alicyclic amines) is 1. The van der Waals surface area contributed by atoms with Gasteiger partial charge >= 0.3 is 5.92 Å². The van der Waals surface area contributed by atoms with Crippen molar-refractivity contribution in [1.29, 1.82) is 0 Å². The average molecular weight is 259 g/mol. The molecule has 3 fully saturated rings. The molecule has 3 aliphatic rings. The van der Waals surface area contributed by atoms with Gasteiger partial charge in [-0.25, -0.2) is 0 Å². The summed E-state index contributed by atoms with van der Waals surface area (Å²) in [6.07, 6.45) is 5.02. The van der Waals surface area contributed by atoms with Gasteiger partial charge in [0.05, 0.1) is 0 Å². The smallest absolute Gasteiger partial charge is 0.352 e. The number of alkyl halides is 2. The van der Waals surface area contributed by atoms with Crippen molar-refractivity contribution in [3.8, 4) is 0 Å². The van der Waals surface area contributed by atoms with Crippen LogP contribution in [0, 0.1) is 5.41 Å². The van der Waals surface area contributed by atoms with Gasteiger partial charge in [-0.3, -0.25) is 4.79 Å². The first-order valence-electron chi connectivity index (χ1n) is 6.78. The zero-order chi connectivity index (χ0) is 13.0. The van der Waals surface area contributed by atoms with Crippen molar-refractivity contribution in [3.05, 3.63) is 0 Å². The fourth-order valence-corrected chi connectivity index (χ4v) is 3.57. The highest BCUT2D eigenvalue weighted by Gasteiger charge is 2.64. The molecule has 2 aliphatic carbocycles. The summed E-state index contributed by atoms with van der Waals surface area (Å²) >= 11 is 0. The number of hydrogen-bond acceptors (Lipinski definition) is 2. The molecule has 5 heteroatoms. The van der Waals surface area contributed by atoms with Gasteiger partial charge in [-0.05, 0) is 32.1 Å². The third-order valence-corrected chi connectivity index (χ3v) is 5.04. The van der Waals surface area contributed by atoms with Gasteiger partial charge < -0.3 is 10.0 Å². The highest BCUT2D eigenvalue weighted by Crippen LogP contribution is 2.49. The fourth-order valence-electron chi connectivity index (χ4n) is 3.57. The molecular formula is C13H19F2NO2. The molecule has 2 saturated carbocycles. The summed E-state index contributed by atoms with van der Waals surface area (Å²) in [5.41, 5.74) is -1.96. The van der Waals surface area contributed by atoms with Crippen LogP contribution in [0.5, 0.6) is 0 Å². The third kappa shape index (κ3) is 1.52. The molecule has 0 atom stereocenters. The fraction of sp³-hybridized carbons (Fsp3) is 0.923. The van der Waals surface area contributed by atoms with Crippen LogP contribution < -0.4 is 0 Å². The van der Waals surface area contributed by atoms with Gasteiger partial charge in [-0.1, -0.05) is 12.8 Å².